The van der Waals surface area contributed by atoms with Crippen molar-refractivity contribution in [3.8, 4) is 28.7 Å². The number of ether oxygens (including phenoxy) is 4. The third-order valence-electron chi connectivity index (χ3n) is 17.0. The zero-order chi connectivity index (χ0) is 54.3. The number of nitroso groups, excluding NO2 is 1. The van der Waals surface area contributed by atoms with Crippen molar-refractivity contribution in [2.24, 2.45) is 16.5 Å². The van der Waals surface area contributed by atoms with Crippen LogP contribution in [0.3, 0.4) is 0 Å². The number of pyridine rings is 1. The molecule has 5 heterocycles. The first-order valence-electron chi connectivity index (χ1n) is 27.3. The van der Waals surface area contributed by atoms with Crippen LogP contribution in [0.4, 0.5) is 21.5 Å². The van der Waals surface area contributed by atoms with Crippen molar-refractivity contribution in [1.82, 2.24) is 24.5 Å². The third kappa shape index (κ3) is 11.0. The molecule has 0 bridgehead atoms. The highest BCUT2D eigenvalue weighted by molar-refractivity contribution is 7.90. The van der Waals surface area contributed by atoms with Crippen molar-refractivity contribution in [3.05, 3.63) is 124 Å². The van der Waals surface area contributed by atoms with E-state index >= 15 is 4.39 Å². The lowest BCUT2D eigenvalue weighted by molar-refractivity contribution is -0.0628. The van der Waals surface area contributed by atoms with E-state index in [-0.39, 0.29) is 76.2 Å². The molecule has 0 unspecified atom stereocenters. The molecular weight excluding hydrogens is 1020 g/mol. The quantitative estimate of drug-likeness (QED) is 0.0667. The molecule has 2 saturated carbocycles. The number of piperidine rings is 1. The Balaban J connectivity index is 0.814. The summed E-state index contributed by atoms with van der Waals surface area (Å²) in [4.78, 5) is 41.0. The van der Waals surface area contributed by atoms with Crippen molar-refractivity contribution < 1.29 is 41.7 Å². The monoisotopic (exact) mass is 1080 g/mol. The summed E-state index contributed by atoms with van der Waals surface area (Å²) in [7, 11) is -3.15. The number of rotatable bonds is 16. The topological polar surface area (TPSA) is 200 Å². The number of halogens is 1. The smallest absolute Gasteiger partial charge is 0.268 e. The summed E-state index contributed by atoms with van der Waals surface area (Å²) in [6.45, 7) is 11.7. The lowest BCUT2D eigenvalue weighted by atomic mass is 9.59. The van der Waals surface area contributed by atoms with Crippen LogP contribution < -0.4 is 33.9 Å². The van der Waals surface area contributed by atoms with Gasteiger partial charge >= 0.3 is 0 Å². The van der Waals surface area contributed by atoms with E-state index in [2.05, 4.69) is 85.2 Å². The van der Waals surface area contributed by atoms with E-state index < -0.39 is 32.2 Å². The minimum atomic E-state index is -4.84. The highest BCUT2D eigenvalue weighted by Crippen LogP contribution is 2.54. The molecule has 78 heavy (non-hydrogen) atoms. The molecule has 2 saturated heterocycles. The number of amides is 1. The first-order valence-corrected chi connectivity index (χ1v) is 28.8. The first kappa shape index (κ1) is 53.2. The third-order valence-corrected chi connectivity index (χ3v) is 18.4. The molecule has 4 fully saturated rings. The Bertz CT molecular complexity index is 3290. The Morgan fingerprint density at radius 1 is 0.949 bits per heavy atom. The Morgan fingerprint density at radius 3 is 2.42 bits per heavy atom. The van der Waals surface area contributed by atoms with E-state index in [0.717, 1.165) is 88.0 Å². The predicted molar refractivity (Wildman–Crippen MR) is 296 cm³/mol. The summed E-state index contributed by atoms with van der Waals surface area (Å²) < 4.78 is 71.1. The van der Waals surface area contributed by atoms with Crippen LogP contribution in [0.1, 0.15) is 111 Å². The molecule has 1 spiro atoms. The van der Waals surface area contributed by atoms with E-state index in [1.54, 1.807) is 19.4 Å². The number of piperazine rings is 1. The number of nitrogens with one attached hydrogen (secondary N) is 3. The van der Waals surface area contributed by atoms with Gasteiger partial charge in [0.15, 0.2) is 11.5 Å². The van der Waals surface area contributed by atoms with E-state index in [4.69, 9.17) is 18.9 Å². The van der Waals surface area contributed by atoms with Gasteiger partial charge in [0, 0.05) is 75.5 Å². The Kier molecular flexibility index (Phi) is 14.9. The number of nitrogens with zero attached hydrogens (tertiary/aromatic N) is 5. The van der Waals surface area contributed by atoms with Crippen molar-refractivity contribution >= 4 is 44.0 Å². The van der Waals surface area contributed by atoms with Crippen LogP contribution in [0, 0.1) is 22.1 Å². The Labute approximate surface area is 454 Å². The van der Waals surface area contributed by atoms with Gasteiger partial charge in [-0.15, -0.1) is 4.91 Å². The lowest BCUT2D eigenvalue weighted by Gasteiger charge is -2.58. The van der Waals surface area contributed by atoms with Crippen LogP contribution in [0.15, 0.2) is 101 Å². The zero-order valence-electron chi connectivity index (χ0n) is 44.7. The minimum Gasteiger partial charge on any atom is -0.497 e. The van der Waals surface area contributed by atoms with Crippen molar-refractivity contribution in [2.75, 3.05) is 69.8 Å². The van der Waals surface area contributed by atoms with Crippen molar-refractivity contribution in [1.29, 1.82) is 0 Å². The molecule has 4 N–H and O–H groups in total. The average molecular weight is 1090 g/mol. The Hall–Kier alpha value is -6.80. The van der Waals surface area contributed by atoms with Gasteiger partial charge in [-0.2, -0.15) is 0 Å². The molecule has 412 valence electrons. The second kappa shape index (κ2) is 21.8. The summed E-state index contributed by atoms with van der Waals surface area (Å²) in [5.74, 6) is -0.565. The van der Waals surface area contributed by atoms with Gasteiger partial charge in [0.1, 0.15) is 58.2 Å². The van der Waals surface area contributed by atoms with Crippen LogP contribution in [-0.2, 0) is 16.6 Å². The number of H-pyrrole nitrogens is 1. The second-order valence-electron chi connectivity index (χ2n) is 22.6. The fraction of sp³-hybridized carbons (Fsp3) is 0.458. The van der Waals surface area contributed by atoms with Crippen LogP contribution in [0.25, 0.3) is 11.0 Å². The van der Waals surface area contributed by atoms with Crippen LogP contribution in [0.5, 0.6) is 28.7 Å². The van der Waals surface area contributed by atoms with Crippen molar-refractivity contribution in [2.45, 2.75) is 107 Å². The number of sulfonamides is 1. The number of hydrogen-bond donors (Lipinski definition) is 4. The van der Waals surface area contributed by atoms with Gasteiger partial charge in [0.25, 0.3) is 15.9 Å². The molecule has 6 aromatic rings. The molecule has 3 aliphatic heterocycles. The fourth-order valence-corrected chi connectivity index (χ4v) is 13.7. The molecule has 5 aliphatic rings. The number of benzene rings is 4. The largest absolute Gasteiger partial charge is 0.497 e. The summed E-state index contributed by atoms with van der Waals surface area (Å²) in [5, 5.41) is 17.6. The van der Waals surface area contributed by atoms with Crippen molar-refractivity contribution in [3.63, 3.8) is 0 Å². The number of anilines is 2. The van der Waals surface area contributed by atoms with Gasteiger partial charge in [-0.05, 0) is 134 Å². The molecule has 2 aliphatic carbocycles. The van der Waals surface area contributed by atoms with Crippen LogP contribution in [0.2, 0.25) is 0 Å². The van der Waals surface area contributed by atoms with Crippen LogP contribution >= 0.6 is 0 Å². The summed E-state index contributed by atoms with van der Waals surface area (Å²) in [6, 6.07) is 24.9. The van der Waals surface area contributed by atoms with Gasteiger partial charge in [0.05, 0.1) is 30.2 Å². The molecule has 19 heteroatoms. The van der Waals surface area contributed by atoms with Gasteiger partial charge in [-0.25, -0.2) is 22.5 Å². The molecule has 4 aromatic carbocycles. The number of hydrogen-bond acceptors (Lipinski definition) is 15. The minimum absolute atomic E-state index is 0.00520. The molecular formula is C59H69FN8O9S. The standard InChI is InChI=1S/C59H69FN8O9S/c1-37(2)44-7-5-6-8-45(44)50-36-66(35-39-9-11-42(74-4)12-10-39)23-24-68(50)41-31-59(32-41)18-21-67(22-19-59)49-30-51(77-43-27-40-15-20-61-56(40)63-34-43)46(28-47(49)60)57(69)65-78(72,73)52-29-48(64-71)53(55-54(52)75-25-26-76-55)62-33-38-13-16-58(3,70)17-14-38/h5-12,15,20,27-30,34,37-38,41,50,62,70H,13-14,16-19,21-26,31-33,35-36H2,1-4H3,(H,61,63)(H,65,69)/t38?,50-,58?/m0/s1. The lowest BCUT2D eigenvalue weighted by Crippen LogP contribution is -2.60. The SMILES string of the molecule is COc1ccc(CN2CCN(C3CC4(CCN(c5cc(Oc6cnc7[nH]ccc7c6)c(C(=O)NS(=O)(=O)c6cc(N=O)c(NCC7CCC(C)(O)CC7)c7c6OCCO7)cc5F)CC4)C3)[C@H](c3ccccc3C(C)C)C2)cc1. The zero-order valence-corrected chi connectivity index (χ0v) is 45.5. The maximum absolute atomic E-state index is 16.8. The maximum atomic E-state index is 16.8. The van der Waals surface area contributed by atoms with Gasteiger partial charge in [-0.3, -0.25) is 14.6 Å². The Morgan fingerprint density at radius 2 is 1.69 bits per heavy atom. The molecule has 0 radical (unpaired) electrons. The summed E-state index contributed by atoms with van der Waals surface area (Å²) >= 11 is 0. The van der Waals surface area contributed by atoms with E-state index in [1.165, 1.54) is 29.0 Å². The molecule has 17 nitrogen and oxygen atoms in total. The van der Waals surface area contributed by atoms with Gasteiger partial charge in [0.2, 0.25) is 0 Å². The number of carbonyl (C=O) groups is 1. The maximum Gasteiger partial charge on any atom is 0.268 e. The predicted octanol–water partition coefficient (Wildman–Crippen LogP) is 10.6. The second-order valence-corrected chi connectivity index (χ2v) is 24.3. The number of aromatic nitrogens is 2. The highest BCUT2D eigenvalue weighted by atomic mass is 32.2. The van der Waals surface area contributed by atoms with E-state index in [0.29, 0.717) is 50.1 Å². The normalized spacial score (nSPS) is 21.8. The van der Waals surface area contributed by atoms with Gasteiger partial charge in [-0.1, -0.05) is 50.2 Å². The fourth-order valence-electron chi connectivity index (χ4n) is 12.6. The highest BCUT2D eigenvalue weighted by Gasteiger charge is 2.50. The average Bonchev–Trinajstić information content (AvgIpc) is 3.94. The molecule has 1 atom stereocenters. The molecule has 11 rings (SSSR count). The van der Waals surface area contributed by atoms with E-state index in [9.17, 15) is 23.2 Å². The number of carbonyl (C=O) groups excluding carboxylic acids is 1. The molecule has 2 aromatic heterocycles. The summed E-state index contributed by atoms with van der Waals surface area (Å²) in [5.41, 5.74) is 3.76. The van der Waals surface area contributed by atoms with Crippen LogP contribution in [-0.4, -0.2) is 110 Å². The first-order chi connectivity index (χ1) is 37.6. The van der Waals surface area contributed by atoms with E-state index in [1.807, 2.05) is 30.0 Å². The number of aromatic amines is 1. The summed E-state index contributed by atoms with van der Waals surface area (Å²) in [6.07, 6.45) is 9.73. The number of aliphatic hydroxyl groups is 1. The number of methoxy groups -OCH3 is 1. The number of fused-ring (bicyclic) bond motifs is 2. The molecule has 1 amide bonds. The van der Waals surface area contributed by atoms with Gasteiger partial charge < -0.3 is 39.3 Å².